The van der Waals surface area contributed by atoms with Crippen molar-refractivity contribution >= 4 is 28.2 Å². The van der Waals surface area contributed by atoms with Gasteiger partial charge < -0.3 is 4.74 Å². The van der Waals surface area contributed by atoms with Crippen LogP contribution in [0, 0.1) is 0 Å². The lowest BCUT2D eigenvalue weighted by Gasteiger charge is -2.21. The zero-order valence-electron chi connectivity index (χ0n) is 17.4. The molecule has 0 spiro atoms. The Morgan fingerprint density at radius 3 is 2.09 bits per heavy atom. The molecule has 6 heteroatoms. The van der Waals surface area contributed by atoms with E-state index in [0.717, 1.165) is 38.3 Å². The van der Waals surface area contributed by atoms with E-state index in [1.54, 1.807) is 18.2 Å². The Labute approximate surface area is 185 Å². The van der Waals surface area contributed by atoms with Gasteiger partial charge in [0.1, 0.15) is 11.4 Å². The van der Waals surface area contributed by atoms with Crippen LogP contribution in [0.15, 0.2) is 103 Å². The summed E-state index contributed by atoms with van der Waals surface area (Å²) >= 11 is 0. The van der Waals surface area contributed by atoms with Gasteiger partial charge in [-0.05, 0) is 53.2 Å². The predicted octanol–water partition coefficient (Wildman–Crippen LogP) is 5.91. The van der Waals surface area contributed by atoms with E-state index in [0.29, 0.717) is 5.69 Å². The molecule has 0 aliphatic carbocycles. The van der Waals surface area contributed by atoms with Crippen LogP contribution >= 0.6 is 0 Å². The zero-order chi connectivity index (χ0) is 21.9. The van der Waals surface area contributed by atoms with Gasteiger partial charge in [-0.1, -0.05) is 59.4 Å². The van der Waals surface area contributed by atoms with Crippen molar-refractivity contribution < 1.29 is 9.53 Å². The van der Waals surface area contributed by atoms with E-state index < -0.39 is 0 Å². The van der Waals surface area contributed by atoms with Gasteiger partial charge in [0, 0.05) is 5.56 Å². The molecule has 0 saturated heterocycles. The summed E-state index contributed by atoms with van der Waals surface area (Å²) in [6, 6.07) is 30.5. The molecule has 0 saturated carbocycles. The predicted molar refractivity (Wildman–Crippen MR) is 125 cm³/mol. The molecule has 0 aliphatic rings. The van der Waals surface area contributed by atoms with Gasteiger partial charge in [-0.15, -0.1) is 5.10 Å². The normalized spacial score (nSPS) is 10.8. The quantitative estimate of drug-likeness (QED) is 0.362. The first-order valence-electron chi connectivity index (χ1n) is 10.2. The molecule has 5 aromatic rings. The molecular formula is C26H20N4O2. The number of amides is 1. The van der Waals surface area contributed by atoms with Crippen LogP contribution in [0.3, 0.4) is 0 Å². The molecule has 1 aromatic heterocycles. The van der Waals surface area contributed by atoms with Gasteiger partial charge >= 0.3 is 6.03 Å². The lowest BCUT2D eigenvalue weighted by Crippen LogP contribution is -2.32. The molecule has 1 amide bonds. The van der Waals surface area contributed by atoms with Crippen molar-refractivity contribution in [3.05, 3.63) is 103 Å². The van der Waals surface area contributed by atoms with Gasteiger partial charge in [0.05, 0.1) is 24.7 Å². The number of fused-ring (bicyclic) bond motifs is 1. The first kappa shape index (κ1) is 19.5. The van der Waals surface area contributed by atoms with Gasteiger partial charge in [-0.2, -0.15) is 5.10 Å². The minimum Gasteiger partial charge on any atom is -0.497 e. The highest BCUT2D eigenvalue weighted by atomic mass is 16.5. The third kappa shape index (κ3) is 3.70. The summed E-state index contributed by atoms with van der Waals surface area (Å²) < 4.78 is 5.29. The van der Waals surface area contributed by atoms with E-state index in [9.17, 15) is 4.79 Å². The van der Waals surface area contributed by atoms with E-state index in [1.807, 2.05) is 97.1 Å². The first-order valence-corrected chi connectivity index (χ1v) is 10.2. The second kappa shape index (κ2) is 8.35. The van der Waals surface area contributed by atoms with Crippen LogP contribution in [-0.2, 0) is 0 Å². The standard InChI is InChI=1S/C26H20N4O2/c1-32-24-15-14-19-16-21(13-12-20(19)17-24)25-18-27-30(28-25)26(31)29(22-8-4-2-5-9-22)23-10-6-3-7-11-23/h2-18H,1H3. The topological polar surface area (TPSA) is 60.3 Å². The molecule has 1 heterocycles. The fourth-order valence-electron chi connectivity index (χ4n) is 3.61. The van der Waals surface area contributed by atoms with Crippen molar-refractivity contribution in [2.45, 2.75) is 0 Å². The Hall–Kier alpha value is -4.45. The van der Waals surface area contributed by atoms with Gasteiger partial charge in [-0.3, -0.25) is 4.90 Å². The lowest BCUT2D eigenvalue weighted by molar-refractivity contribution is 0.244. The van der Waals surface area contributed by atoms with Crippen LogP contribution in [0.1, 0.15) is 0 Å². The van der Waals surface area contributed by atoms with Gasteiger partial charge in [0.2, 0.25) is 0 Å². The summed E-state index contributed by atoms with van der Waals surface area (Å²) in [7, 11) is 1.65. The summed E-state index contributed by atoms with van der Waals surface area (Å²) in [5.41, 5.74) is 2.98. The minimum atomic E-state index is -0.362. The Bertz CT molecular complexity index is 1340. The number of ether oxygens (including phenoxy) is 1. The third-order valence-corrected chi connectivity index (χ3v) is 5.23. The molecule has 0 radical (unpaired) electrons. The Balaban J connectivity index is 1.50. The maximum atomic E-state index is 13.4. The lowest BCUT2D eigenvalue weighted by atomic mass is 10.1. The number of benzene rings is 4. The number of aromatic nitrogens is 3. The molecule has 0 unspecified atom stereocenters. The average Bonchev–Trinajstić information content (AvgIpc) is 3.35. The molecular weight excluding hydrogens is 400 g/mol. The summed E-state index contributed by atoms with van der Waals surface area (Å²) in [6.07, 6.45) is 1.61. The highest BCUT2D eigenvalue weighted by Gasteiger charge is 2.22. The van der Waals surface area contributed by atoms with Crippen LogP contribution < -0.4 is 9.64 Å². The number of hydrogen-bond acceptors (Lipinski definition) is 4. The molecule has 32 heavy (non-hydrogen) atoms. The number of anilines is 2. The highest BCUT2D eigenvalue weighted by molar-refractivity contribution is 6.00. The molecule has 4 aromatic carbocycles. The molecule has 0 atom stereocenters. The van der Waals surface area contributed by atoms with Gasteiger partial charge in [0.25, 0.3) is 0 Å². The number of para-hydroxylation sites is 2. The zero-order valence-corrected chi connectivity index (χ0v) is 17.4. The maximum Gasteiger partial charge on any atom is 0.371 e. The Kier molecular flexibility index (Phi) is 5.09. The molecule has 156 valence electrons. The fourth-order valence-corrected chi connectivity index (χ4v) is 3.61. The van der Waals surface area contributed by atoms with E-state index >= 15 is 0 Å². The number of rotatable bonds is 4. The fraction of sp³-hybridized carbons (Fsp3) is 0.0385. The molecule has 0 aliphatic heterocycles. The van der Waals surface area contributed by atoms with Crippen molar-refractivity contribution in [2.75, 3.05) is 12.0 Å². The van der Waals surface area contributed by atoms with Gasteiger partial charge in [0.15, 0.2) is 0 Å². The van der Waals surface area contributed by atoms with Crippen molar-refractivity contribution in [3.8, 4) is 17.0 Å². The third-order valence-electron chi connectivity index (χ3n) is 5.23. The van der Waals surface area contributed by atoms with Crippen molar-refractivity contribution in [1.82, 2.24) is 15.0 Å². The number of carbonyl (C=O) groups excluding carboxylic acids is 1. The largest absolute Gasteiger partial charge is 0.497 e. The average molecular weight is 420 g/mol. The Morgan fingerprint density at radius 2 is 1.44 bits per heavy atom. The van der Waals surface area contributed by atoms with E-state index in [4.69, 9.17) is 4.74 Å². The SMILES string of the molecule is COc1ccc2cc(-c3cnn(C(=O)N(c4ccccc4)c4ccccc4)n3)ccc2c1. The van der Waals surface area contributed by atoms with E-state index in [2.05, 4.69) is 10.2 Å². The van der Waals surface area contributed by atoms with Crippen LogP contribution in [0.5, 0.6) is 5.75 Å². The Morgan fingerprint density at radius 1 is 0.812 bits per heavy atom. The molecule has 5 rings (SSSR count). The number of methoxy groups -OCH3 is 1. The second-order valence-corrected chi connectivity index (χ2v) is 7.24. The second-order valence-electron chi connectivity index (χ2n) is 7.24. The maximum absolute atomic E-state index is 13.4. The van der Waals surface area contributed by atoms with Crippen LogP contribution in [0.4, 0.5) is 16.2 Å². The summed E-state index contributed by atoms with van der Waals surface area (Å²) in [6.45, 7) is 0. The summed E-state index contributed by atoms with van der Waals surface area (Å²) in [4.78, 5) is 16.1. The van der Waals surface area contributed by atoms with E-state index in [1.165, 1.54) is 0 Å². The smallest absolute Gasteiger partial charge is 0.371 e. The van der Waals surface area contributed by atoms with Crippen molar-refractivity contribution in [3.63, 3.8) is 0 Å². The van der Waals surface area contributed by atoms with Crippen LogP contribution in [-0.4, -0.2) is 28.1 Å². The number of hydrogen-bond donors (Lipinski definition) is 0. The molecule has 0 fully saturated rings. The number of nitrogens with zero attached hydrogens (tertiary/aromatic N) is 4. The van der Waals surface area contributed by atoms with E-state index in [-0.39, 0.29) is 6.03 Å². The minimum absolute atomic E-state index is 0.362. The van der Waals surface area contributed by atoms with Crippen molar-refractivity contribution in [2.24, 2.45) is 0 Å². The number of carbonyl (C=O) groups is 1. The summed E-state index contributed by atoms with van der Waals surface area (Å²) in [5, 5.41) is 10.9. The van der Waals surface area contributed by atoms with Gasteiger partial charge in [-0.25, -0.2) is 4.79 Å². The monoisotopic (exact) mass is 420 g/mol. The van der Waals surface area contributed by atoms with Crippen LogP contribution in [0.2, 0.25) is 0 Å². The molecule has 0 N–H and O–H groups in total. The molecule has 0 bridgehead atoms. The first-order chi connectivity index (χ1) is 15.7. The molecule has 6 nitrogen and oxygen atoms in total. The van der Waals surface area contributed by atoms with Crippen molar-refractivity contribution in [1.29, 1.82) is 0 Å². The highest BCUT2D eigenvalue weighted by Crippen LogP contribution is 2.28. The van der Waals surface area contributed by atoms with Crippen LogP contribution in [0.25, 0.3) is 22.0 Å². The summed E-state index contributed by atoms with van der Waals surface area (Å²) in [5.74, 6) is 0.809.